The average Bonchev–Trinajstić information content (AvgIpc) is 2.17. The Bertz CT molecular complexity index is 400. The van der Waals surface area contributed by atoms with Gasteiger partial charge in [-0.15, -0.1) is 0 Å². The van der Waals surface area contributed by atoms with E-state index in [0.29, 0.717) is 5.17 Å². The third kappa shape index (κ3) is 2.17. The van der Waals surface area contributed by atoms with Gasteiger partial charge in [0, 0.05) is 5.75 Å². The van der Waals surface area contributed by atoms with Crippen LogP contribution in [0.4, 0.5) is 0 Å². The molecule has 2 rings (SSSR count). The Labute approximate surface area is 95.0 Å². The lowest BCUT2D eigenvalue weighted by Crippen LogP contribution is -2.28. The molecule has 0 amide bonds. The van der Waals surface area contributed by atoms with E-state index < -0.39 is 0 Å². The van der Waals surface area contributed by atoms with Crippen molar-refractivity contribution in [3.63, 3.8) is 0 Å². The first-order valence-electron chi connectivity index (χ1n) is 5.15. The maximum atomic E-state index is 5.80. The van der Waals surface area contributed by atoms with Gasteiger partial charge in [0.1, 0.15) is 0 Å². The van der Waals surface area contributed by atoms with Crippen LogP contribution in [0.2, 0.25) is 0 Å². The number of hydrogen-bond acceptors (Lipinski definition) is 3. The molecule has 1 aliphatic rings. The Morgan fingerprint density at radius 2 is 2.27 bits per heavy atom. The van der Waals surface area contributed by atoms with Crippen LogP contribution >= 0.6 is 11.8 Å². The van der Waals surface area contributed by atoms with Crippen LogP contribution in [-0.2, 0) is 5.54 Å². The molecule has 0 aromatic heterocycles. The number of aryl methyl sites for hydroxylation is 1. The second-order valence-electron chi connectivity index (χ2n) is 4.19. The van der Waals surface area contributed by atoms with E-state index in [9.17, 15) is 0 Å². The second kappa shape index (κ2) is 3.89. The summed E-state index contributed by atoms with van der Waals surface area (Å²) >= 11 is 1.65. The van der Waals surface area contributed by atoms with Crippen molar-refractivity contribution in [2.24, 2.45) is 10.7 Å². The van der Waals surface area contributed by atoms with Crippen molar-refractivity contribution >= 4 is 16.9 Å². The molecule has 0 saturated carbocycles. The van der Waals surface area contributed by atoms with Crippen LogP contribution in [0.15, 0.2) is 29.3 Å². The number of benzene rings is 1. The Kier molecular flexibility index (Phi) is 2.74. The molecule has 0 bridgehead atoms. The summed E-state index contributed by atoms with van der Waals surface area (Å²) in [5, 5.41) is 0.713. The summed E-state index contributed by atoms with van der Waals surface area (Å²) < 4.78 is 0. The van der Waals surface area contributed by atoms with Crippen molar-refractivity contribution in [1.82, 2.24) is 0 Å². The monoisotopic (exact) mass is 220 g/mol. The van der Waals surface area contributed by atoms with Crippen LogP contribution < -0.4 is 5.73 Å². The maximum absolute atomic E-state index is 5.80. The van der Waals surface area contributed by atoms with Crippen LogP contribution in [0, 0.1) is 6.92 Å². The first kappa shape index (κ1) is 10.6. The van der Waals surface area contributed by atoms with Crippen molar-refractivity contribution in [2.45, 2.75) is 25.8 Å². The largest absolute Gasteiger partial charge is 0.379 e. The summed E-state index contributed by atoms with van der Waals surface area (Å²) in [5.74, 6) is 1.06. The van der Waals surface area contributed by atoms with Crippen molar-refractivity contribution < 1.29 is 0 Å². The SMILES string of the molecule is Cc1cccc(C2(C)CCSC(N)=N2)c1. The molecular formula is C12H16N2S. The number of rotatable bonds is 1. The van der Waals surface area contributed by atoms with Crippen LogP contribution in [0.3, 0.4) is 0 Å². The van der Waals surface area contributed by atoms with E-state index in [1.807, 2.05) is 0 Å². The van der Waals surface area contributed by atoms with Crippen molar-refractivity contribution in [1.29, 1.82) is 0 Å². The second-order valence-corrected chi connectivity index (χ2v) is 5.31. The molecule has 2 nitrogen and oxygen atoms in total. The van der Waals surface area contributed by atoms with Crippen molar-refractivity contribution in [3.8, 4) is 0 Å². The third-order valence-electron chi connectivity index (χ3n) is 2.84. The molecule has 0 aliphatic carbocycles. The number of nitrogens with zero attached hydrogens (tertiary/aromatic N) is 1. The highest BCUT2D eigenvalue weighted by Gasteiger charge is 2.29. The van der Waals surface area contributed by atoms with Gasteiger partial charge in [0.2, 0.25) is 0 Å². The van der Waals surface area contributed by atoms with E-state index in [-0.39, 0.29) is 5.54 Å². The lowest BCUT2D eigenvalue weighted by Gasteiger charge is -2.29. The van der Waals surface area contributed by atoms with Gasteiger partial charge in [-0.05, 0) is 25.8 Å². The van der Waals surface area contributed by atoms with Gasteiger partial charge in [0.15, 0.2) is 5.17 Å². The van der Waals surface area contributed by atoms with Gasteiger partial charge in [-0.2, -0.15) is 0 Å². The summed E-state index contributed by atoms with van der Waals surface area (Å²) in [7, 11) is 0. The van der Waals surface area contributed by atoms with Crippen LogP contribution in [0.1, 0.15) is 24.5 Å². The molecule has 0 radical (unpaired) electrons. The van der Waals surface area contributed by atoms with Crippen molar-refractivity contribution in [2.75, 3.05) is 5.75 Å². The normalized spacial score (nSPS) is 26.1. The lowest BCUT2D eigenvalue weighted by molar-refractivity contribution is 0.481. The van der Waals surface area contributed by atoms with Gasteiger partial charge in [0.25, 0.3) is 0 Å². The van der Waals surface area contributed by atoms with Gasteiger partial charge in [-0.25, -0.2) is 0 Å². The fourth-order valence-electron chi connectivity index (χ4n) is 1.87. The minimum atomic E-state index is -0.124. The molecule has 15 heavy (non-hydrogen) atoms. The van der Waals surface area contributed by atoms with Gasteiger partial charge < -0.3 is 5.73 Å². The highest BCUT2D eigenvalue weighted by Crippen LogP contribution is 2.34. The fourth-order valence-corrected chi connectivity index (χ4v) is 2.85. The minimum Gasteiger partial charge on any atom is -0.379 e. The third-order valence-corrected chi connectivity index (χ3v) is 3.63. The molecular weight excluding hydrogens is 204 g/mol. The summed E-state index contributed by atoms with van der Waals surface area (Å²) in [6, 6.07) is 8.54. The molecule has 1 aromatic rings. The number of nitrogens with two attached hydrogens (primary N) is 1. The number of thioether (sulfide) groups is 1. The molecule has 0 fully saturated rings. The molecule has 3 heteroatoms. The zero-order valence-electron chi connectivity index (χ0n) is 9.16. The van der Waals surface area contributed by atoms with E-state index in [0.717, 1.165) is 12.2 Å². The first-order valence-corrected chi connectivity index (χ1v) is 6.14. The van der Waals surface area contributed by atoms with Gasteiger partial charge in [-0.3, -0.25) is 4.99 Å². The van der Waals surface area contributed by atoms with Crippen LogP contribution in [0.5, 0.6) is 0 Å². The van der Waals surface area contributed by atoms with E-state index in [1.54, 1.807) is 11.8 Å². The van der Waals surface area contributed by atoms with E-state index in [4.69, 9.17) is 5.73 Å². The summed E-state index contributed by atoms with van der Waals surface area (Å²) in [5.41, 5.74) is 8.22. The van der Waals surface area contributed by atoms with E-state index in [1.165, 1.54) is 11.1 Å². The van der Waals surface area contributed by atoms with Gasteiger partial charge in [0.05, 0.1) is 5.54 Å². The molecule has 2 N–H and O–H groups in total. The topological polar surface area (TPSA) is 38.4 Å². The standard InChI is InChI=1S/C12H16N2S/c1-9-4-3-5-10(8-9)12(2)6-7-15-11(13)14-12/h3-5,8H,6-7H2,1-2H3,(H2,13,14). The molecule has 0 spiro atoms. The Hall–Kier alpha value is -0.960. The predicted molar refractivity (Wildman–Crippen MR) is 67.2 cm³/mol. The van der Waals surface area contributed by atoms with Crippen molar-refractivity contribution in [3.05, 3.63) is 35.4 Å². The molecule has 1 aromatic carbocycles. The number of hydrogen-bond donors (Lipinski definition) is 1. The molecule has 0 saturated heterocycles. The Morgan fingerprint density at radius 3 is 2.93 bits per heavy atom. The minimum absolute atomic E-state index is 0.124. The molecule has 80 valence electrons. The predicted octanol–water partition coefficient (Wildman–Crippen LogP) is 2.66. The summed E-state index contributed by atoms with van der Waals surface area (Å²) in [4.78, 5) is 4.58. The summed E-state index contributed by atoms with van der Waals surface area (Å²) in [6.07, 6.45) is 1.06. The highest BCUT2D eigenvalue weighted by atomic mass is 32.2. The zero-order chi connectivity index (χ0) is 10.9. The quantitative estimate of drug-likeness (QED) is 0.790. The average molecular weight is 220 g/mol. The number of aliphatic imine (C=N–C) groups is 1. The van der Waals surface area contributed by atoms with Gasteiger partial charge >= 0.3 is 0 Å². The highest BCUT2D eigenvalue weighted by molar-refractivity contribution is 8.13. The zero-order valence-corrected chi connectivity index (χ0v) is 9.97. The fraction of sp³-hybridized carbons (Fsp3) is 0.417. The number of amidine groups is 1. The Balaban J connectivity index is 2.41. The Morgan fingerprint density at radius 1 is 1.47 bits per heavy atom. The van der Waals surface area contributed by atoms with E-state index in [2.05, 4.69) is 43.1 Å². The van der Waals surface area contributed by atoms with Crippen LogP contribution in [0.25, 0.3) is 0 Å². The summed E-state index contributed by atoms with van der Waals surface area (Å²) in [6.45, 7) is 4.27. The van der Waals surface area contributed by atoms with Crippen LogP contribution in [-0.4, -0.2) is 10.9 Å². The molecule has 1 unspecified atom stereocenters. The van der Waals surface area contributed by atoms with E-state index >= 15 is 0 Å². The maximum Gasteiger partial charge on any atom is 0.154 e. The first-order chi connectivity index (χ1) is 7.10. The smallest absolute Gasteiger partial charge is 0.154 e. The molecule has 1 heterocycles. The van der Waals surface area contributed by atoms with Gasteiger partial charge in [-0.1, -0.05) is 41.6 Å². The molecule has 1 aliphatic heterocycles. The molecule has 1 atom stereocenters. The lowest BCUT2D eigenvalue weighted by atomic mass is 9.89.